The van der Waals surface area contributed by atoms with E-state index in [1.807, 2.05) is 27.7 Å². The van der Waals surface area contributed by atoms with Crippen molar-refractivity contribution in [1.29, 1.82) is 0 Å². The van der Waals surface area contributed by atoms with Crippen molar-refractivity contribution >= 4 is 11.7 Å². The molecule has 0 fully saturated rings. The van der Waals surface area contributed by atoms with Gasteiger partial charge in [0.1, 0.15) is 0 Å². The summed E-state index contributed by atoms with van der Waals surface area (Å²) in [5.74, 6) is -0.135. The second kappa shape index (κ2) is 8.09. The van der Waals surface area contributed by atoms with Crippen LogP contribution in [0.2, 0.25) is 0 Å². The van der Waals surface area contributed by atoms with E-state index in [9.17, 15) is 4.79 Å². The van der Waals surface area contributed by atoms with Crippen LogP contribution in [0.1, 0.15) is 60.3 Å². The highest BCUT2D eigenvalue weighted by molar-refractivity contribution is 5.85. The van der Waals surface area contributed by atoms with Gasteiger partial charge in [-0.15, -0.1) is 0 Å². The average molecular weight is 242 g/mol. The Morgan fingerprint density at radius 3 is 2.47 bits per heavy atom. The molecule has 0 spiro atoms. The van der Waals surface area contributed by atoms with Crippen LogP contribution in [-0.2, 0) is 9.53 Å². The first kappa shape index (κ1) is 15.9. The third-order valence-corrected chi connectivity index (χ3v) is 2.03. The molecule has 0 bridgehead atoms. The lowest BCUT2D eigenvalue weighted by atomic mass is 10.1. The molecule has 0 unspecified atom stereocenters. The third-order valence-electron chi connectivity index (χ3n) is 2.03. The molecule has 0 heterocycles. The summed E-state index contributed by atoms with van der Waals surface area (Å²) in [6.45, 7) is 10.7. The molecule has 0 radical (unpaired) electrons. The van der Waals surface area contributed by atoms with E-state index in [1.54, 1.807) is 0 Å². The van der Waals surface area contributed by atoms with E-state index in [1.165, 1.54) is 0 Å². The SMILES string of the molecule is CCCCOC(=O)CCC(C)=NNC(C)(C)C. The van der Waals surface area contributed by atoms with Gasteiger partial charge in [-0.3, -0.25) is 4.79 Å². The van der Waals surface area contributed by atoms with Gasteiger partial charge >= 0.3 is 5.97 Å². The number of carbonyl (C=O) groups is 1. The van der Waals surface area contributed by atoms with Gasteiger partial charge in [-0.25, -0.2) is 0 Å². The van der Waals surface area contributed by atoms with Gasteiger partial charge in [0.2, 0.25) is 0 Å². The molecule has 0 saturated carbocycles. The molecule has 0 amide bonds. The van der Waals surface area contributed by atoms with E-state index in [0.29, 0.717) is 19.4 Å². The first-order valence-corrected chi connectivity index (χ1v) is 6.31. The highest BCUT2D eigenvalue weighted by atomic mass is 16.5. The summed E-state index contributed by atoms with van der Waals surface area (Å²) in [4.78, 5) is 11.3. The monoisotopic (exact) mass is 242 g/mol. The second-order valence-corrected chi connectivity index (χ2v) is 5.28. The molecule has 0 aliphatic rings. The van der Waals surface area contributed by atoms with Gasteiger partial charge in [0.25, 0.3) is 0 Å². The summed E-state index contributed by atoms with van der Waals surface area (Å²) >= 11 is 0. The first-order valence-electron chi connectivity index (χ1n) is 6.31. The minimum Gasteiger partial charge on any atom is -0.466 e. The Morgan fingerprint density at radius 1 is 1.29 bits per heavy atom. The van der Waals surface area contributed by atoms with Crippen molar-refractivity contribution < 1.29 is 9.53 Å². The van der Waals surface area contributed by atoms with E-state index in [4.69, 9.17) is 4.74 Å². The van der Waals surface area contributed by atoms with E-state index in [-0.39, 0.29) is 11.5 Å². The number of hydrogen-bond acceptors (Lipinski definition) is 4. The number of ether oxygens (including phenoxy) is 1. The predicted molar refractivity (Wildman–Crippen MR) is 71.1 cm³/mol. The first-order chi connectivity index (χ1) is 7.85. The zero-order valence-electron chi connectivity index (χ0n) is 11.8. The largest absolute Gasteiger partial charge is 0.466 e. The molecule has 0 aromatic rings. The quantitative estimate of drug-likeness (QED) is 0.323. The highest BCUT2D eigenvalue weighted by Gasteiger charge is 2.08. The van der Waals surface area contributed by atoms with Crippen molar-refractivity contribution in [2.24, 2.45) is 5.10 Å². The Bertz CT molecular complexity index is 255. The van der Waals surface area contributed by atoms with Gasteiger partial charge in [0, 0.05) is 11.3 Å². The Labute approximate surface area is 105 Å². The molecule has 1 N–H and O–H groups in total. The maximum atomic E-state index is 11.3. The normalized spacial score (nSPS) is 12.4. The number of rotatable bonds is 7. The molecule has 100 valence electrons. The van der Waals surface area contributed by atoms with Crippen LogP contribution in [0.4, 0.5) is 0 Å². The standard InChI is InChI=1S/C13H26N2O2/c1-6-7-10-17-12(16)9-8-11(2)14-15-13(3,4)5/h15H,6-10H2,1-5H3. The molecule has 17 heavy (non-hydrogen) atoms. The molecular formula is C13H26N2O2. The van der Waals surface area contributed by atoms with Crippen molar-refractivity contribution in [3.8, 4) is 0 Å². The zero-order chi connectivity index (χ0) is 13.3. The number of nitrogens with zero attached hydrogens (tertiary/aromatic N) is 1. The summed E-state index contributed by atoms with van der Waals surface area (Å²) in [5, 5.41) is 4.22. The maximum absolute atomic E-state index is 11.3. The fraction of sp³-hybridized carbons (Fsp3) is 0.846. The Kier molecular flexibility index (Phi) is 7.59. The number of unbranched alkanes of at least 4 members (excludes halogenated alkanes) is 1. The zero-order valence-corrected chi connectivity index (χ0v) is 11.8. The average Bonchev–Trinajstić information content (AvgIpc) is 2.23. The van der Waals surface area contributed by atoms with Gasteiger partial charge < -0.3 is 10.2 Å². The van der Waals surface area contributed by atoms with Crippen LogP contribution < -0.4 is 5.43 Å². The van der Waals surface area contributed by atoms with Crippen molar-refractivity contribution in [1.82, 2.24) is 5.43 Å². The third kappa shape index (κ3) is 11.2. The molecule has 0 rings (SSSR count). The molecule has 0 aromatic heterocycles. The van der Waals surface area contributed by atoms with Gasteiger partial charge in [0.15, 0.2) is 0 Å². The van der Waals surface area contributed by atoms with Gasteiger partial charge in [0.05, 0.1) is 13.0 Å². The number of carbonyl (C=O) groups excluding carboxylic acids is 1. The van der Waals surface area contributed by atoms with Crippen LogP contribution >= 0.6 is 0 Å². The van der Waals surface area contributed by atoms with Crippen molar-refractivity contribution in [3.05, 3.63) is 0 Å². The molecular weight excluding hydrogens is 216 g/mol. The summed E-state index contributed by atoms with van der Waals surface area (Å²) in [5.41, 5.74) is 3.92. The van der Waals surface area contributed by atoms with E-state index >= 15 is 0 Å². The molecule has 4 heteroatoms. The Hall–Kier alpha value is -1.06. The Balaban J connectivity index is 3.75. The van der Waals surface area contributed by atoms with E-state index < -0.39 is 0 Å². The molecule has 0 aliphatic carbocycles. The van der Waals surface area contributed by atoms with Gasteiger partial charge in [-0.2, -0.15) is 5.10 Å². The van der Waals surface area contributed by atoms with Crippen LogP contribution in [0.5, 0.6) is 0 Å². The van der Waals surface area contributed by atoms with Crippen LogP contribution in [-0.4, -0.2) is 23.8 Å². The minimum absolute atomic E-state index is 0.0388. The molecule has 0 atom stereocenters. The van der Waals surface area contributed by atoms with Crippen LogP contribution in [0.3, 0.4) is 0 Å². The van der Waals surface area contributed by atoms with Crippen LogP contribution in [0, 0.1) is 0 Å². The summed E-state index contributed by atoms with van der Waals surface area (Å²) in [6.07, 6.45) is 3.03. The van der Waals surface area contributed by atoms with Crippen molar-refractivity contribution in [2.75, 3.05) is 6.61 Å². The molecule has 0 aliphatic heterocycles. The smallest absolute Gasteiger partial charge is 0.306 e. The maximum Gasteiger partial charge on any atom is 0.306 e. The van der Waals surface area contributed by atoms with Crippen molar-refractivity contribution in [2.45, 2.75) is 65.8 Å². The van der Waals surface area contributed by atoms with Crippen molar-refractivity contribution in [3.63, 3.8) is 0 Å². The Morgan fingerprint density at radius 2 is 1.94 bits per heavy atom. The number of nitrogens with one attached hydrogen (secondary N) is 1. The van der Waals surface area contributed by atoms with E-state index in [2.05, 4.69) is 17.5 Å². The molecule has 4 nitrogen and oxygen atoms in total. The lowest BCUT2D eigenvalue weighted by Crippen LogP contribution is -2.32. The lowest BCUT2D eigenvalue weighted by molar-refractivity contribution is -0.143. The minimum atomic E-state index is -0.135. The fourth-order valence-corrected chi connectivity index (χ4v) is 1.00. The summed E-state index contributed by atoms with van der Waals surface area (Å²) in [6, 6.07) is 0. The second-order valence-electron chi connectivity index (χ2n) is 5.28. The number of hydrogen-bond donors (Lipinski definition) is 1. The van der Waals surface area contributed by atoms with Crippen LogP contribution in [0.25, 0.3) is 0 Å². The molecule has 0 saturated heterocycles. The number of esters is 1. The molecule has 0 aromatic carbocycles. The highest BCUT2D eigenvalue weighted by Crippen LogP contribution is 2.01. The summed E-state index contributed by atoms with van der Waals surface area (Å²) < 4.78 is 5.06. The topological polar surface area (TPSA) is 50.7 Å². The van der Waals surface area contributed by atoms with Gasteiger partial charge in [-0.05, 0) is 40.5 Å². The lowest BCUT2D eigenvalue weighted by Gasteiger charge is -2.18. The van der Waals surface area contributed by atoms with Crippen LogP contribution in [0.15, 0.2) is 5.10 Å². The summed E-state index contributed by atoms with van der Waals surface area (Å²) in [7, 11) is 0. The van der Waals surface area contributed by atoms with E-state index in [0.717, 1.165) is 18.6 Å². The fourth-order valence-electron chi connectivity index (χ4n) is 1.00. The number of hydrazone groups is 1. The predicted octanol–water partition coefficient (Wildman–Crippen LogP) is 2.87. The van der Waals surface area contributed by atoms with Gasteiger partial charge in [-0.1, -0.05) is 13.3 Å².